The fraction of sp³-hybridized carbons (Fsp3) is 0. The van der Waals surface area contributed by atoms with Crippen LogP contribution in [0, 0.1) is 0 Å². The zero-order valence-electron chi connectivity index (χ0n) is 7.72. The molecular weight excluding hydrogens is 274 g/mol. The van der Waals surface area contributed by atoms with Gasteiger partial charge >= 0.3 is 0 Å². The molecule has 0 unspecified atom stereocenters. The van der Waals surface area contributed by atoms with Gasteiger partial charge in [0.25, 0.3) is 0 Å². The highest BCUT2D eigenvalue weighted by molar-refractivity contribution is 9.10. The summed E-state index contributed by atoms with van der Waals surface area (Å²) in [6.45, 7) is 0. The standard InChI is InChI=1S/C10H8BrN3S/c11-7-3-1-2-4-8(7)15-10-13-6-5-9(12)14-10/h1-6H,(H2,12,13,14). The fourth-order valence-corrected chi connectivity index (χ4v) is 2.33. The van der Waals surface area contributed by atoms with Crippen molar-refractivity contribution < 1.29 is 0 Å². The topological polar surface area (TPSA) is 51.8 Å². The van der Waals surface area contributed by atoms with Gasteiger partial charge in [-0.3, -0.25) is 0 Å². The van der Waals surface area contributed by atoms with Crippen molar-refractivity contribution in [3.05, 3.63) is 41.0 Å². The van der Waals surface area contributed by atoms with Gasteiger partial charge in [-0.05, 0) is 45.9 Å². The number of nitrogens with zero attached hydrogens (tertiary/aromatic N) is 2. The lowest BCUT2D eigenvalue weighted by atomic mass is 10.4. The van der Waals surface area contributed by atoms with E-state index in [4.69, 9.17) is 5.73 Å². The Labute approximate surface area is 100 Å². The smallest absolute Gasteiger partial charge is 0.194 e. The third-order valence-corrected chi connectivity index (χ3v) is 3.60. The van der Waals surface area contributed by atoms with Crippen LogP contribution in [0.3, 0.4) is 0 Å². The van der Waals surface area contributed by atoms with Gasteiger partial charge in [0.15, 0.2) is 5.16 Å². The van der Waals surface area contributed by atoms with Crippen LogP contribution in [-0.4, -0.2) is 9.97 Å². The summed E-state index contributed by atoms with van der Waals surface area (Å²) >= 11 is 4.94. The lowest BCUT2D eigenvalue weighted by Crippen LogP contribution is -1.92. The van der Waals surface area contributed by atoms with Gasteiger partial charge in [0.1, 0.15) is 5.82 Å². The second kappa shape index (κ2) is 4.63. The quantitative estimate of drug-likeness (QED) is 0.860. The van der Waals surface area contributed by atoms with Crippen LogP contribution in [0.5, 0.6) is 0 Å². The second-order valence-electron chi connectivity index (χ2n) is 2.80. The van der Waals surface area contributed by atoms with Gasteiger partial charge in [-0.15, -0.1) is 0 Å². The van der Waals surface area contributed by atoms with Crippen molar-refractivity contribution in [2.45, 2.75) is 10.1 Å². The first-order valence-electron chi connectivity index (χ1n) is 4.26. The van der Waals surface area contributed by atoms with Crippen LogP contribution in [0.1, 0.15) is 0 Å². The van der Waals surface area contributed by atoms with Gasteiger partial charge in [-0.2, -0.15) is 0 Å². The summed E-state index contributed by atoms with van der Waals surface area (Å²) in [5.74, 6) is 0.486. The molecule has 0 aliphatic carbocycles. The van der Waals surface area contributed by atoms with Crippen molar-refractivity contribution >= 4 is 33.5 Å². The van der Waals surface area contributed by atoms with Crippen LogP contribution in [-0.2, 0) is 0 Å². The molecule has 0 fully saturated rings. The molecule has 3 nitrogen and oxygen atoms in total. The highest BCUT2D eigenvalue weighted by Crippen LogP contribution is 2.31. The summed E-state index contributed by atoms with van der Waals surface area (Å²) in [7, 11) is 0. The van der Waals surface area contributed by atoms with Crippen molar-refractivity contribution in [3.8, 4) is 0 Å². The first-order valence-corrected chi connectivity index (χ1v) is 5.87. The summed E-state index contributed by atoms with van der Waals surface area (Å²) in [6, 6.07) is 9.59. The lowest BCUT2D eigenvalue weighted by molar-refractivity contribution is 0.975. The van der Waals surface area contributed by atoms with E-state index in [0.29, 0.717) is 11.0 Å². The molecule has 1 aromatic carbocycles. The Hall–Kier alpha value is -1.07. The molecular formula is C10H8BrN3S. The van der Waals surface area contributed by atoms with E-state index in [2.05, 4.69) is 25.9 Å². The van der Waals surface area contributed by atoms with E-state index < -0.39 is 0 Å². The monoisotopic (exact) mass is 281 g/mol. The molecule has 0 bridgehead atoms. The first-order chi connectivity index (χ1) is 7.25. The van der Waals surface area contributed by atoms with E-state index in [1.54, 1.807) is 12.3 Å². The molecule has 0 spiro atoms. The molecule has 76 valence electrons. The third-order valence-electron chi connectivity index (χ3n) is 1.69. The molecule has 0 aliphatic rings. The van der Waals surface area contributed by atoms with E-state index in [1.807, 2.05) is 24.3 Å². The van der Waals surface area contributed by atoms with Gasteiger partial charge in [-0.25, -0.2) is 9.97 Å². The van der Waals surface area contributed by atoms with Crippen LogP contribution in [0.15, 0.2) is 51.1 Å². The van der Waals surface area contributed by atoms with E-state index in [1.165, 1.54) is 11.8 Å². The van der Waals surface area contributed by atoms with Gasteiger partial charge < -0.3 is 5.73 Å². The molecule has 1 aromatic heterocycles. The van der Waals surface area contributed by atoms with Gasteiger partial charge in [0.05, 0.1) is 0 Å². The summed E-state index contributed by atoms with van der Waals surface area (Å²) in [5.41, 5.74) is 5.57. The molecule has 1 heterocycles. The Morgan fingerprint density at radius 3 is 2.73 bits per heavy atom. The summed E-state index contributed by atoms with van der Waals surface area (Å²) < 4.78 is 1.03. The number of halogens is 1. The molecule has 15 heavy (non-hydrogen) atoms. The Kier molecular flexibility index (Phi) is 3.23. The number of hydrogen-bond donors (Lipinski definition) is 1. The molecule has 0 saturated carbocycles. The molecule has 2 N–H and O–H groups in total. The minimum atomic E-state index is 0.486. The minimum Gasteiger partial charge on any atom is -0.384 e. The zero-order chi connectivity index (χ0) is 10.7. The van der Waals surface area contributed by atoms with E-state index in [0.717, 1.165) is 9.37 Å². The molecule has 0 amide bonds. The van der Waals surface area contributed by atoms with Crippen molar-refractivity contribution in [1.29, 1.82) is 0 Å². The van der Waals surface area contributed by atoms with Crippen molar-refractivity contribution in [2.75, 3.05) is 5.73 Å². The Bertz CT molecular complexity index is 476. The summed E-state index contributed by atoms with van der Waals surface area (Å²) in [6.07, 6.45) is 1.65. The predicted molar refractivity (Wildman–Crippen MR) is 64.7 cm³/mol. The number of nitrogen functional groups attached to an aromatic ring is 1. The zero-order valence-corrected chi connectivity index (χ0v) is 10.1. The van der Waals surface area contributed by atoms with Crippen molar-refractivity contribution in [2.24, 2.45) is 0 Å². The summed E-state index contributed by atoms with van der Waals surface area (Å²) in [5, 5.41) is 0.655. The number of nitrogens with two attached hydrogens (primary N) is 1. The van der Waals surface area contributed by atoms with Crippen LogP contribution in [0.2, 0.25) is 0 Å². The van der Waals surface area contributed by atoms with Crippen LogP contribution in [0.4, 0.5) is 5.82 Å². The molecule has 0 atom stereocenters. The fourth-order valence-electron chi connectivity index (χ4n) is 1.03. The average molecular weight is 282 g/mol. The van der Waals surface area contributed by atoms with Crippen LogP contribution >= 0.6 is 27.7 Å². The highest BCUT2D eigenvalue weighted by Gasteiger charge is 2.03. The predicted octanol–water partition coefficient (Wildman–Crippen LogP) is 2.97. The number of anilines is 1. The Balaban J connectivity index is 2.26. The summed E-state index contributed by atoms with van der Waals surface area (Å²) in [4.78, 5) is 9.32. The maximum Gasteiger partial charge on any atom is 0.194 e. The van der Waals surface area contributed by atoms with Gasteiger partial charge in [0, 0.05) is 15.6 Å². The van der Waals surface area contributed by atoms with Gasteiger partial charge in [0.2, 0.25) is 0 Å². The average Bonchev–Trinajstić information content (AvgIpc) is 2.22. The molecule has 2 aromatic rings. The molecule has 0 aliphatic heterocycles. The molecule has 0 radical (unpaired) electrons. The maximum atomic E-state index is 5.57. The maximum absolute atomic E-state index is 5.57. The molecule has 0 saturated heterocycles. The third kappa shape index (κ3) is 2.70. The second-order valence-corrected chi connectivity index (χ2v) is 4.66. The lowest BCUT2D eigenvalue weighted by Gasteiger charge is -2.02. The number of rotatable bonds is 2. The molecule has 5 heteroatoms. The van der Waals surface area contributed by atoms with Crippen molar-refractivity contribution in [3.63, 3.8) is 0 Å². The SMILES string of the molecule is Nc1ccnc(Sc2ccccc2Br)n1. The van der Waals surface area contributed by atoms with E-state index in [-0.39, 0.29) is 0 Å². The number of hydrogen-bond acceptors (Lipinski definition) is 4. The van der Waals surface area contributed by atoms with Crippen LogP contribution in [0.25, 0.3) is 0 Å². The van der Waals surface area contributed by atoms with Crippen molar-refractivity contribution in [1.82, 2.24) is 9.97 Å². The number of benzene rings is 1. The largest absolute Gasteiger partial charge is 0.384 e. The highest BCUT2D eigenvalue weighted by atomic mass is 79.9. The first kappa shape index (κ1) is 10.4. The van der Waals surface area contributed by atoms with Crippen LogP contribution < -0.4 is 5.73 Å². The Morgan fingerprint density at radius 2 is 2.00 bits per heavy atom. The van der Waals surface area contributed by atoms with E-state index in [9.17, 15) is 0 Å². The normalized spacial score (nSPS) is 10.2. The molecule has 2 rings (SSSR count). The van der Waals surface area contributed by atoms with Gasteiger partial charge in [-0.1, -0.05) is 12.1 Å². The Morgan fingerprint density at radius 1 is 1.20 bits per heavy atom. The van der Waals surface area contributed by atoms with E-state index >= 15 is 0 Å². The minimum absolute atomic E-state index is 0.486. The number of aromatic nitrogens is 2.